The Morgan fingerprint density at radius 3 is 2.26 bits per heavy atom. The topological polar surface area (TPSA) is 63.6 Å². The lowest BCUT2D eigenvalue weighted by molar-refractivity contribution is 0.112. The van der Waals surface area contributed by atoms with Gasteiger partial charge in [0.2, 0.25) is 0 Å². The first-order valence-corrected chi connectivity index (χ1v) is 6.65. The Bertz CT molecular complexity index is 620. The van der Waals surface area contributed by atoms with E-state index in [0.29, 0.717) is 27.5 Å². The maximum Gasteiger partial charge on any atom is 0.186 e. The largest absolute Gasteiger partial charge is 0.457 e. The molecule has 0 spiro atoms. The van der Waals surface area contributed by atoms with Crippen LogP contribution >= 0.6 is 0 Å². The van der Waals surface area contributed by atoms with Crippen molar-refractivity contribution in [3.05, 3.63) is 53.6 Å². The van der Waals surface area contributed by atoms with Crippen molar-refractivity contribution < 1.29 is 18.3 Å². The molecule has 0 aliphatic rings. The van der Waals surface area contributed by atoms with E-state index >= 15 is 0 Å². The second-order valence-corrected chi connectivity index (χ2v) is 4.90. The number of aldehydes is 1. The third-order valence-corrected chi connectivity index (χ3v) is 3.42. The van der Waals surface area contributed by atoms with Gasteiger partial charge in [-0.1, -0.05) is 0 Å². The smallest absolute Gasteiger partial charge is 0.186 e. The van der Waals surface area contributed by atoms with E-state index in [2.05, 4.69) is 0 Å². The van der Waals surface area contributed by atoms with Gasteiger partial charge in [0.1, 0.15) is 17.8 Å². The molecule has 1 unspecified atom stereocenters. The van der Waals surface area contributed by atoms with Gasteiger partial charge in [-0.25, -0.2) is 4.21 Å². The van der Waals surface area contributed by atoms with Crippen LogP contribution in [0.3, 0.4) is 0 Å². The number of aryl methyl sites for hydroxylation is 1. The van der Waals surface area contributed by atoms with Gasteiger partial charge in [-0.15, -0.1) is 0 Å². The van der Waals surface area contributed by atoms with Crippen molar-refractivity contribution in [3.8, 4) is 11.5 Å². The van der Waals surface area contributed by atoms with Crippen LogP contribution in [-0.2, 0) is 11.1 Å². The Balaban J connectivity index is 2.21. The van der Waals surface area contributed by atoms with Gasteiger partial charge in [-0.3, -0.25) is 4.79 Å². The molecule has 0 aliphatic carbocycles. The normalized spacial score (nSPS) is 11.9. The molecule has 98 valence electrons. The van der Waals surface area contributed by atoms with Crippen molar-refractivity contribution in [2.24, 2.45) is 0 Å². The standard InChI is InChI=1S/C14H12O4S/c1-10-8-13(6-7-14(10)19(16)17)18-12-4-2-11(9-15)3-5-12/h2-9H,1H3,(H,16,17). The van der Waals surface area contributed by atoms with Crippen LogP contribution in [-0.4, -0.2) is 15.0 Å². The zero-order valence-corrected chi connectivity index (χ0v) is 11.0. The van der Waals surface area contributed by atoms with E-state index in [4.69, 9.17) is 9.29 Å². The van der Waals surface area contributed by atoms with Crippen LogP contribution in [0, 0.1) is 6.92 Å². The molecule has 0 aliphatic heterocycles. The molecular weight excluding hydrogens is 264 g/mol. The van der Waals surface area contributed by atoms with Crippen LogP contribution in [0.5, 0.6) is 11.5 Å². The molecule has 0 fully saturated rings. The Kier molecular flexibility index (Phi) is 4.09. The minimum absolute atomic E-state index is 0.364. The van der Waals surface area contributed by atoms with E-state index in [1.54, 1.807) is 49.4 Å². The van der Waals surface area contributed by atoms with E-state index in [0.717, 1.165) is 6.29 Å². The molecule has 0 saturated heterocycles. The number of rotatable bonds is 4. The predicted octanol–water partition coefficient (Wildman–Crippen LogP) is 3.18. The second kappa shape index (κ2) is 5.77. The summed E-state index contributed by atoms with van der Waals surface area (Å²) in [6.07, 6.45) is 0.763. The third-order valence-electron chi connectivity index (χ3n) is 2.59. The summed E-state index contributed by atoms with van der Waals surface area (Å²) in [5.41, 5.74) is 1.26. The Morgan fingerprint density at radius 2 is 1.74 bits per heavy atom. The van der Waals surface area contributed by atoms with Gasteiger partial charge in [-0.05, 0) is 55.0 Å². The third kappa shape index (κ3) is 3.27. The summed E-state index contributed by atoms with van der Waals surface area (Å²) in [6, 6.07) is 11.6. The van der Waals surface area contributed by atoms with E-state index < -0.39 is 11.1 Å². The number of carbonyl (C=O) groups excluding carboxylic acids is 1. The highest BCUT2D eigenvalue weighted by Gasteiger charge is 2.06. The first kappa shape index (κ1) is 13.5. The Labute approximate surface area is 113 Å². The van der Waals surface area contributed by atoms with Crippen LogP contribution in [0.4, 0.5) is 0 Å². The van der Waals surface area contributed by atoms with Gasteiger partial charge in [0.05, 0.1) is 4.90 Å². The van der Waals surface area contributed by atoms with Gasteiger partial charge in [-0.2, -0.15) is 0 Å². The molecule has 0 bridgehead atoms. The molecule has 0 aromatic heterocycles. The lowest BCUT2D eigenvalue weighted by atomic mass is 10.2. The van der Waals surface area contributed by atoms with Crippen molar-refractivity contribution in [2.75, 3.05) is 0 Å². The zero-order chi connectivity index (χ0) is 13.8. The maximum absolute atomic E-state index is 11.0. The monoisotopic (exact) mass is 276 g/mol. The van der Waals surface area contributed by atoms with Gasteiger partial charge in [0.15, 0.2) is 11.1 Å². The molecule has 4 nitrogen and oxygen atoms in total. The first-order chi connectivity index (χ1) is 9.10. The van der Waals surface area contributed by atoms with Crippen molar-refractivity contribution in [3.63, 3.8) is 0 Å². The van der Waals surface area contributed by atoms with Crippen molar-refractivity contribution >= 4 is 17.4 Å². The lowest BCUT2D eigenvalue weighted by Crippen LogP contribution is -1.93. The molecule has 1 atom stereocenters. The highest BCUT2D eigenvalue weighted by atomic mass is 32.2. The lowest BCUT2D eigenvalue weighted by Gasteiger charge is -2.08. The molecule has 0 amide bonds. The average molecular weight is 276 g/mol. The van der Waals surface area contributed by atoms with Crippen molar-refractivity contribution in [1.82, 2.24) is 0 Å². The summed E-state index contributed by atoms with van der Waals surface area (Å²) < 4.78 is 25.6. The summed E-state index contributed by atoms with van der Waals surface area (Å²) in [5.74, 6) is 1.17. The average Bonchev–Trinajstić information content (AvgIpc) is 2.39. The van der Waals surface area contributed by atoms with E-state index in [1.165, 1.54) is 0 Å². The van der Waals surface area contributed by atoms with Gasteiger partial charge in [0, 0.05) is 5.56 Å². The fourth-order valence-electron chi connectivity index (χ4n) is 1.63. The van der Waals surface area contributed by atoms with Crippen molar-refractivity contribution in [2.45, 2.75) is 11.8 Å². The summed E-state index contributed by atoms with van der Waals surface area (Å²) >= 11 is -1.99. The molecule has 0 saturated carbocycles. The minimum atomic E-state index is -1.99. The van der Waals surface area contributed by atoms with E-state index in [1.807, 2.05) is 0 Å². The number of hydrogen-bond donors (Lipinski definition) is 1. The van der Waals surface area contributed by atoms with E-state index in [-0.39, 0.29) is 0 Å². The van der Waals surface area contributed by atoms with Crippen LogP contribution in [0.1, 0.15) is 15.9 Å². The van der Waals surface area contributed by atoms with Gasteiger partial charge in [0.25, 0.3) is 0 Å². The van der Waals surface area contributed by atoms with Crippen molar-refractivity contribution in [1.29, 1.82) is 0 Å². The SMILES string of the molecule is Cc1cc(Oc2ccc(C=O)cc2)ccc1S(=O)O. The summed E-state index contributed by atoms with van der Waals surface area (Å²) in [7, 11) is 0. The maximum atomic E-state index is 11.0. The highest BCUT2D eigenvalue weighted by Crippen LogP contribution is 2.25. The van der Waals surface area contributed by atoms with Crippen LogP contribution in [0.15, 0.2) is 47.4 Å². The number of hydrogen-bond acceptors (Lipinski definition) is 3. The fourth-order valence-corrected chi connectivity index (χ4v) is 2.15. The molecule has 2 aromatic rings. The molecule has 2 aromatic carbocycles. The number of carbonyl (C=O) groups is 1. The van der Waals surface area contributed by atoms with Gasteiger partial charge >= 0.3 is 0 Å². The molecule has 0 radical (unpaired) electrons. The number of benzene rings is 2. The van der Waals surface area contributed by atoms with Gasteiger partial charge < -0.3 is 9.29 Å². The molecule has 0 heterocycles. The van der Waals surface area contributed by atoms with E-state index in [9.17, 15) is 9.00 Å². The minimum Gasteiger partial charge on any atom is -0.457 e. The Hall–Kier alpha value is -1.98. The number of ether oxygens (including phenoxy) is 1. The fraction of sp³-hybridized carbons (Fsp3) is 0.0714. The molecular formula is C14H12O4S. The van der Waals surface area contributed by atoms with Crippen LogP contribution < -0.4 is 4.74 Å². The van der Waals surface area contributed by atoms with Crippen LogP contribution in [0.25, 0.3) is 0 Å². The molecule has 5 heteroatoms. The van der Waals surface area contributed by atoms with Crippen LogP contribution in [0.2, 0.25) is 0 Å². The second-order valence-electron chi connectivity index (χ2n) is 3.97. The summed E-state index contributed by atoms with van der Waals surface area (Å²) in [4.78, 5) is 10.9. The zero-order valence-electron chi connectivity index (χ0n) is 10.2. The highest BCUT2D eigenvalue weighted by molar-refractivity contribution is 7.79. The summed E-state index contributed by atoms with van der Waals surface area (Å²) in [5, 5.41) is 0. The summed E-state index contributed by atoms with van der Waals surface area (Å²) in [6.45, 7) is 1.74. The first-order valence-electron chi connectivity index (χ1n) is 5.55. The molecule has 1 N–H and O–H groups in total. The molecule has 2 rings (SSSR count). The quantitative estimate of drug-likeness (QED) is 0.688. The predicted molar refractivity (Wildman–Crippen MR) is 72.1 cm³/mol. The molecule has 19 heavy (non-hydrogen) atoms. The Morgan fingerprint density at radius 1 is 1.11 bits per heavy atom.